The first-order valence-electron chi connectivity index (χ1n) is 7.56. The summed E-state index contributed by atoms with van der Waals surface area (Å²) in [5.74, 6) is 0.866. The van der Waals surface area contributed by atoms with Crippen LogP contribution in [0.4, 0.5) is 0 Å². The van der Waals surface area contributed by atoms with Crippen LogP contribution < -0.4 is 4.74 Å². The number of hydrogen-bond donors (Lipinski definition) is 1. The number of rotatable bonds is 2. The van der Waals surface area contributed by atoms with Crippen LogP contribution in [0.25, 0.3) is 0 Å². The fraction of sp³-hybridized carbons (Fsp3) is 0.625. The third-order valence-electron chi connectivity index (χ3n) is 4.57. The number of aliphatic hydroxyl groups excluding tert-OH is 1. The van der Waals surface area contributed by atoms with Crippen LogP contribution in [0.15, 0.2) is 18.2 Å². The molecule has 20 heavy (non-hydrogen) atoms. The molecule has 0 aliphatic carbocycles. The number of nitrogens with zero attached hydrogens (tertiary/aromatic N) is 1. The van der Waals surface area contributed by atoms with Crippen molar-refractivity contribution in [3.63, 3.8) is 0 Å². The normalized spacial score (nSPS) is 30.6. The van der Waals surface area contributed by atoms with E-state index in [1.807, 2.05) is 18.2 Å². The van der Waals surface area contributed by atoms with E-state index in [9.17, 15) is 5.11 Å². The fourth-order valence-electron chi connectivity index (χ4n) is 3.58. The Bertz CT molecular complexity index is 480. The van der Waals surface area contributed by atoms with Crippen molar-refractivity contribution in [2.75, 3.05) is 13.2 Å². The summed E-state index contributed by atoms with van der Waals surface area (Å²) in [4.78, 5) is 2.46. The lowest BCUT2D eigenvalue weighted by Crippen LogP contribution is -2.48. The molecule has 0 amide bonds. The Kier molecular flexibility index (Phi) is 4.20. The number of benzene rings is 1. The molecular weight excluding hydrogens is 274 g/mol. The van der Waals surface area contributed by atoms with Gasteiger partial charge in [-0.15, -0.1) is 0 Å². The first-order chi connectivity index (χ1) is 9.70. The van der Waals surface area contributed by atoms with Crippen LogP contribution in [0.2, 0.25) is 5.02 Å². The van der Waals surface area contributed by atoms with Gasteiger partial charge in [-0.05, 0) is 44.0 Å². The lowest BCUT2D eigenvalue weighted by molar-refractivity contribution is -0.0290. The average molecular weight is 296 g/mol. The molecule has 2 aliphatic rings. The molecule has 0 radical (unpaired) electrons. The van der Waals surface area contributed by atoms with Crippen LogP contribution in [0.5, 0.6) is 5.75 Å². The SMILES string of the molecule is CCC1CCCCN1C1c2cc(Cl)ccc2OCC1O. The first-order valence-corrected chi connectivity index (χ1v) is 7.94. The summed E-state index contributed by atoms with van der Waals surface area (Å²) in [6.45, 7) is 3.64. The fourth-order valence-corrected chi connectivity index (χ4v) is 3.76. The molecule has 0 spiro atoms. The monoisotopic (exact) mass is 295 g/mol. The van der Waals surface area contributed by atoms with Crippen LogP contribution in [0, 0.1) is 0 Å². The molecule has 1 aromatic carbocycles. The summed E-state index contributed by atoms with van der Waals surface area (Å²) in [7, 11) is 0. The number of halogens is 1. The van der Waals surface area contributed by atoms with Crippen LogP contribution in [0.1, 0.15) is 44.2 Å². The molecule has 3 atom stereocenters. The summed E-state index contributed by atoms with van der Waals surface area (Å²) in [5, 5.41) is 11.2. The summed E-state index contributed by atoms with van der Waals surface area (Å²) in [5.41, 5.74) is 1.04. The van der Waals surface area contributed by atoms with Crippen LogP contribution in [0.3, 0.4) is 0 Å². The van der Waals surface area contributed by atoms with Gasteiger partial charge in [0, 0.05) is 16.6 Å². The van der Waals surface area contributed by atoms with Crippen molar-refractivity contribution in [1.29, 1.82) is 0 Å². The van der Waals surface area contributed by atoms with Gasteiger partial charge in [0.1, 0.15) is 18.5 Å². The Balaban J connectivity index is 1.97. The Morgan fingerprint density at radius 1 is 1.40 bits per heavy atom. The van der Waals surface area contributed by atoms with Gasteiger partial charge in [-0.2, -0.15) is 0 Å². The van der Waals surface area contributed by atoms with E-state index in [1.54, 1.807) is 0 Å². The second-order valence-electron chi connectivity index (χ2n) is 5.80. The lowest BCUT2D eigenvalue weighted by Gasteiger charge is -2.45. The molecule has 3 unspecified atom stereocenters. The number of piperidine rings is 1. The Hall–Kier alpha value is -0.770. The molecule has 3 nitrogen and oxygen atoms in total. The minimum absolute atomic E-state index is 0.0164. The number of likely N-dealkylation sites (tertiary alicyclic amines) is 1. The van der Waals surface area contributed by atoms with Crippen molar-refractivity contribution >= 4 is 11.6 Å². The maximum atomic E-state index is 10.5. The zero-order valence-electron chi connectivity index (χ0n) is 11.9. The molecule has 1 fully saturated rings. The molecule has 1 saturated heterocycles. The van der Waals surface area contributed by atoms with Gasteiger partial charge in [-0.3, -0.25) is 4.90 Å². The van der Waals surface area contributed by atoms with Crippen LogP contribution in [-0.2, 0) is 0 Å². The second-order valence-corrected chi connectivity index (χ2v) is 6.24. The van der Waals surface area contributed by atoms with Crippen molar-refractivity contribution in [3.05, 3.63) is 28.8 Å². The van der Waals surface area contributed by atoms with Crippen LogP contribution >= 0.6 is 11.6 Å². The summed E-state index contributed by atoms with van der Waals surface area (Å²) in [6.07, 6.45) is 4.36. The molecule has 2 aliphatic heterocycles. The van der Waals surface area contributed by atoms with Crippen molar-refractivity contribution in [2.24, 2.45) is 0 Å². The van der Waals surface area contributed by atoms with Crippen molar-refractivity contribution in [3.8, 4) is 5.75 Å². The van der Waals surface area contributed by atoms with E-state index in [2.05, 4.69) is 11.8 Å². The first kappa shape index (κ1) is 14.2. The number of hydrogen-bond acceptors (Lipinski definition) is 3. The zero-order chi connectivity index (χ0) is 14.1. The second kappa shape index (κ2) is 5.92. The maximum Gasteiger partial charge on any atom is 0.124 e. The van der Waals surface area contributed by atoms with Gasteiger partial charge in [-0.1, -0.05) is 24.9 Å². The average Bonchev–Trinajstić information content (AvgIpc) is 2.47. The highest BCUT2D eigenvalue weighted by molar-refractivity contribution is 6.30. The van der Waals surface area contributed by atoms with Gasteiger partial charge >= 0.3 is 0 Å². The molecule has 2 heterocycles. The van der Waals surface area contributed by atoms with Gasteiger partial charge in [0.2, 0.25) is 0 Å². The van der Waals surface area contributed by atoms with Gasteiger partial charge in [-0.25, -0.2) is 0 Å². The van der Waals surface area contributed by atoms with Crippen molar-refractivity contribution in [1.82, 2.24) is 4.90 Å². The van der Waals surface area contributed by atoms with E-state index >= 15 is 0 Å². The molecule has 1 N–H and O–H groups in total. The smallest absolute Gasteiger partial charge is 0.124 e. The molecular formula is C16H22ClNO2. The van der Waals surface area contributed by atoms with E-state index in [0.29, 0.717) is 17.7 Å². The maximum absolute atomic E-state index is 10.5. The van der Waals surface area contributed by atoms with Gasteiger partial charge in [0.25, 0.3) is 0 Å². The zero-order valence-corrected chi connectivity index (χ0v) is 12.6. The predicted molar refractivity (Wildman–Crippen MR) is 80.3 cm³/mol. The topological polar surface area (TPSA) is 32.7 Å². The third kappa shape index (κ3) is 2.54. The Labute approximate surface area is 125 Å². The highest BCUT2D eigenvalue weighted by Crippen LogP contribution is 2.40. The molecule has 110 valence electrons. The van der Waals surface area contributed by atoms with E-state index < -0.39 is 6.10 Å². The highest BCUT2D eigenvalue weighted by atomic mass is 35.5. The minimum atomic E-state index is -0.479. The summed E-state index contributed by atoms with van der Waals surface area (Å²) < 4.78 is 5.65. The quantitative estimate of drug-likeness (QED) is 0.908. The Morgan fingerprint density at radius 3 is 3.05 bits per heavy atom. The molecule has 0 aromatic heterocycles. The molecule has 4 heteroatoms. The summed E-state index contributed by atoms with van der Waals surface area (Å²) in [6, 6.07) is 6.28. The molecule has 1 aromatic rings. The lowest BCUT2D eigenvalue weighted by atomic mass is 9.90. The van der Waals surface area contributed by atoms with E-state index in [1.165, 1.54) is 19.3 Å². The minimum Gasteiger partial charge on any atom is -0.490 e. The number of aliphatic hydroxyl groups is 1. The van der Waals surface area contributed by atoms with Gasteiger partial charge < -0.3 is 9.84 Å². The van der Waals surface area contributed by atoms with Crippen LogP contribution in [-0.4, -0.2) is 35.3 Å². The largest absolute Gasteiger partial charge is 0.490 e. The third-order valence-corrected chi connectivity index (χ3v) is 4.80. The van der Waals surface area contributed by atoms with E-state index in [4.69, 9.17) is 16.3 Å². The van der Waals surface area contributed by atoms with Crippen molar-refractivity contribution in [2.45, 2.75) is 50.8 Å². The van der Waals surface area contributed by atoms with Gasteiger partial charge in [0.05, 0.1) is 6.04 Å². The van der Waals surface area contributed by atoms with Crippen molar-refractivity contribution < 1.29 is 9.84 Å². The predicted octanol–water partition coefficient (Wildman–Crippen LogP) is 3.40. The van der Waals surface area contributed by atoms with Gasteiger partial charge in [0.15, 0.2) is 0 Å². The molecule has 0 saturated carbocycles. The molecule has 0 bridgehead atoms. The van der Waals surface area contributed by atoms with E-state index in [0.717, 1.165) is 24.3 Å². The standard InChI is InChI=1S/C16H22ClNO2/c1-2-12-5-3-4-8-18(12)16-13-9-11(17)6-7-15(13)20-10-14(16)19/h6-7,9,12,14,16,19H,2-5,8,10H2,1H3. The molecule has 3 rings (SSSR count). The highest BCUT2D eigenvalue weighted by Gasteiger charge is 2.38. The Morgan fingerprint density at radius 2 is 2.25 bits per heavy atom. The summed E-state index contributed by atoms with van der Waals surface area (Å²) >= 11 is 6.14. The number of ether oxygens (including phenoxy) is 1. The number of fused-ring (bicyclic) bond motifs is 1. The van der Waals surface area contributed by atoms with E-state index in [-0.39, 0.29) is 6.04 Å².